The average molecular weight is 421 g/mol. The summed E-state index contributed by atoms with van der Waals surface area (Å²) in [4.78, 5) is 23.3. The summed E-state index contributed by atoms with van der Waals surface area (Å²) >= 11 is 0. The summed E-state index contributed by atoms with van der Waals surface area (Å²) in [6.07, 6.45) is 3.64. The number of nitrogens with zero attached hydrogens (tertiary/aromatic N) is 3. The lowest BCUT2D eigenvalue weighted by Gasteiger charge is -2.28. The highest BCUT2D eigenvalue weighted by Crippen LogP contribution is 2.25. The number of piperidine rings is 1. The second kappa shape index (κ2) is 10.1. The van der Waals surface area contributed by atoms with Gasteiger partial charge in [-0.15, -0.1) is 0 Å². The number of carbonyl (C=O) groups is 1. The van der Waals surface area contributed by atoms with Crippen LogP contribution in [0.25, 0.3) is 10.8 Å². The molecule has 3 aromatic rings. The molecule has 1 aromatic heterocycles. The van der Waals surface area contributed by atoms with Crippen LogP contribution in [0.2, 0.25) is 0 Å². The molecule has 162 valence electrons. The Morgan fingerprint density at radius 2 is 1.84 bits per heavy atom. The lowest BCUT2D eigenvalue weighted by Crippen LogP contribution is -2.32. The second-order valence-corrected chi connectivity index (χ2v) is 7.62. The molecule has 1 aliphatic heterocycles. The second-order valence-electron chi connectivity index (χ2n) is 7.62. The number of rotatable bonds is 8. The highest BCUT2D eigenvalue weighted by Gasteiger charge is 2.14. The van der Waals surface area contributed by atoms with Crippen LogP contribution in [0, 0.1) is 6.92 Å². The molecule has 31 heavy (non-hydrogen) atoms. The van der Waals surface area contributed by atoms with E-state index in [1.165, 1.54) is 19.3 Å². The number of ether oxygens (including phenoxy) is 2. The first-order valence-electron chi connectivity index (χ1n) is 10.8. The van der Waals surface area contributed by atoms with E-state index in [9.17, 15) is 4.79 Å². The van der Waals surface area contributed by atoms with Crippen molar-refractivity contribution in [3.05, 3.63) is 54.4 Å². The predicted octanol–water partition coefficient (Wildman–Crippen LogP) is 3.50. The normalized spacial score (nSPS) is 13.8. The van der Waals surface area contributed by atoms with E-state index in [0.717, 1.165) is 29.7 Å². The van der Waals surface area contributed by atoms with Gasteiger partial charge in [-0.05, 0) is 37.6 Å². The molecule has 0 bridgehead atoms. The van der Waals surface area contributed by atoms with E-state index in [0.29, 0.717) is 30.6 Å². The van der Waals surface area contributed by atoms with Crippen molar-refractivity contribution in [3.63, 3.8) is 0 Å². The highest BCUT2D eigenvalue weighted by atomic mass is 16.5. The van der Waals surface area contributed by atoms with Gasteiger partial charge < -0.3 is 19.7 Å². The molecular formula is C24H28N4O3. The molecule has 0 saturated carbocycles. The molecule has 2 aromatic carbocycles. The van der Waals surface area contributed by atoms with Gasteiger partial charge in [0.25, 0.3) is 5.91 Å². The monoisotopic (exact) mass is 420 g/mol. The van der Waals surface area contributed by atoms with Crippen molar-refractivity contribution in [1.82, 2.24) is 15.3 Å². The number of hydrogen-bond acceptors (Lipinski definition) is 6. The van der Waals surface area contributed by atoms with Gasteiger partial charge in [-0.1, -0.05) is 36.4 Å². The maximum Gasteiger partial charge on any atom is 0.258 e. The van der Waals surface area contributed by atoms with Gasteiger partial charge in [-0.3, -0.25) is 4.79 Å². The fourth-order valence-corrected chi connectivity index (χ4v) is 3.75. The number of nitrogens with one attached hydrogen (secondary N) is 1. The summed E-state index contributed by atoms with van der Waals surface area (Å²) in [6, 6.07) is 15.6. The van der Waals surface area contributed by atoms with Gasteiger partial charge in [0.2, 0.25) is 5.88 Å². The minimum Gasteiger partial charge on any atom is -0.483 e. The topological polar surface area (TPSA) is 76.6 Å². The van der Waals surface area contributed by atoms with Crippen molar-refractivity contribution in [2.75, 3.05) is 37.7 Å². The highest BCUT2D eigenvalue weighted by molar-refractivity contribution is 5.88. The Balaban J connectivity index is 1.23. The Hall–Kier alpha value is -3.35. The quantitative estimate of drug-likeness (QED) is 0.562. The number of aryl methyl sites for hydroxylation is 1. The smallest absolute Gasteiger partial charge is 0.258 e. The largest absolute Gasteiger partial charge is 0.483 e. The number of amides is 1. The molecule has 0 unspecified atom stereocenters. The van der Waals surface area contributed by atoms with Crippen LogP contribution >= 0.6 is 0 Å². The number of aromatic nitrogens is 2. The fraction of sp³-hybridized carbons (Fsp3) is 0.375. The van der Waals surface area contributed by atoms with Crippen molar-refractivity contribution in [3.8, 4) is 11.6 Å². The summed E-state index contributed by atoms with van der Waals surface area (Å²) in [5.74, 6) is 2.64. The van der Waals surface area contributed by atoms with Crippen LogP contribution in [0.1, 0.15) is 25.1 Å². The van der Waals surface area contributed by atoms with Gasteiger partial charge >= 0.3 is 0 Å². The summed E-state index contributed by atoms with van der Waals surface area (Å²) in [5, 5.41) is 4.89. The van der Waals surface area contributed by atoms with E-state index in [4.69, 9.17) is 9.47 Å². The summed E-state index contributed by atoms with van der Waals surface area (Å²) < 4.78 is 11.5. The number of anilines is 1. The van der Waals surface area contributed by atoms with Crippen LogP contribution in [-0.4, -0.2) is 48.7 Å². The summed E-state index contributed by atoms with van der Waals surface area (Å²) in [6.45, 7) is 4.56. The molecule has 7 nitrogen and oxygen atoms in total. The molecule has 2 heterocycles. The molecule has 0 spiro atoms. The third kappa shape index (κ3) is 5.63. The van der Waals surface area contributed by atoms with Crippen LogP contribution in [0.15, 0.2) is 48.5 Å². The lowest BCUT2D eigenvalue weighted by molar-refractivity contribution is -0.123. The molecule has 1 amide bonds. The van der Waals surface area contributed by atoms with Crippen molar-refractivity contribution < 1.29 is 14.3 Å². The molecule has 4 rings (SSSR count). The zero-order valence-corrected chi connectivity index (χ0v) is 17.8. The molecule has 7 heteroatoms. The van der Waals surface area contributed by atoms with Gasteiger partial charge in [0.05, 0.1) is 6.54 Å². The SMILES string of the molecule is Cc1nc(OCCNC(=O)COc2cccc3ccccc23)cc(N2CCCCC2)n1. The minimum absolute atomic E-state index is 0.0419. The van der Waals surface area contributed by atoms with Gasteiger partial charge in [0, 0.05) is 24.5 Å². The standard InChI is InChI=1S/C24H28N4O3/c1-18-26-22(28-13-5-2-6-14-28)16-24(27-18)30-15-12-25-23(29)17-31-21-11-7-9-19-8-3-4-10-20(19)21/h3-4,7-11,16H,2,5-6,12-15,17H2,1H3,(H,25,29). The number of fused-ring (bicyclic) bond motifs is 1. The van der Waals surface area contributed by atoms with E-state index < -0.39 is 0 Å². The molecule has 1 N–H and O–H groups in total. The third-order valence-corrected chi connectivity index (χ3v) is 5.26. The van der Waals surface area contributed by atoms with Crippen LogP contribution in [0.3, 0.4) is 0 Å². The Bertz CT molecular complexity index is 1030. The van der Waals surface area contributed by atoms with Crippen LogP contribution in [0.5, 0.6) is 11.6 Å². The van der Waals surface area contributed by atoms with E-state index in [2.05, 4.69) is 20.2 Å². The Morgan fingerprint density at radius 1 is 1.03 bits per heavy atom. The van der Waals surface area contributed by atoms with E-state index >= 15 is 0 Å². The summed E-state index contributed by atoms with van der Waals surface area (Å²) in [5.41, 5.74) is 0. The number of hydrogen-bond donors (Lipinski definition) is 1. The van der Waals surface area contributed by atoms with Crippen LogP contribution < -0.4 is 19.7 Å². The maximum atomic E-state index is 12.2. The first-order valence-corrected chi connectivity index (χ1v) is 10.8. The Labute approximate surface area is 182 Å². The van der Waals surface area contributed by atoms with Crippen molar-refractivity contribution in [2.24, 2.45) is 0 Å². The Kier molecular flexibility index (Phi) is 6.82. The zero-order valence-electron chi connectivity index (χ0n) is 17.8. The Morgan fingerprint density at radius 3 is 2.71 bits per heavy atom. The van der Waals surface area contributed by atoms with E-state index in [1.807, 2.05) is 55.5 Å². The van der Waals surface area contributed by atoms with Gasteiger partial charge in [-0.2, -0.15) is 4.98 Å². The van der Waals surface area contributed by atoms with Crippen LogP contribution in [-0.2, 0) is 4.79 Å². The molecule has 0 atom stereocenters. The molecular weight excluding hydrogens is 392 g/mol. The van der Waals surface area contributed by atoms with Crippen molar-refractivity contribution in [2.45, 2.75) is 26.2 Å². The van der Waals surface area contributed by atoms with E-state index in [-0.39, 0.29) is 12.5 Å². The first-order chi connectivity index (χ1) is 15.2. The number of benzene rings is 2. The summed E-state index contributed by atoms with van der Waals surface area (Å²) in [7, 11) is 0. The molecule has 1 aliphatic rings. The molecule has 0 radical (unpaired) electrons. The van der Waals surface area contributed by atoms with Gasteiger partial charge in [0.15, 0.2) is 6.61 Å². The van der Waals surface area contributed by atoms with Crippen LogP contribution in [0.4, 0.5) is 5.82 Å². The molecule has 0 aliphatic carbocycles. The predicted molar refractivity (Wildman–Crippen MR) is 121 cm³/mol. The average Bonchev–Trinajstić information content (AvgIpc) is 2.81. The maximum absolute atomic E-state index is 12.2. The van der Waals surface area contributed by atoms with Gasteiger partial charge in [-0.25, -0.2) is 4.98 Å². The number of carbonyl (C=O) groups excluding carboxylic acids is 1. The zero-order chi connectivity index (χ0) is 21.5. The fourth-order valence-electron chi connectivity index (χ4n) is 3.75. The van der Waals surface area contributed by atoms with Gasteiger partial charge in [0.1, 0.15) is 24.0 Å². The van der Waals surface area contributed by atoms with Crippen molar-refractivity contribution in [1.29, 1.82) is 0 Å². The third-order valence-electron chi connectivity index (χ3n) is 5.26. The first kappa shape index (κ1) is 20.9. The van der Waals surface area contributed by atoms with Crippen molar-refractivity contribution >= 4 is 22.5 Å². The van der Waals surface area contributed by atoms with E-state index in [1.54, 1.807) is 0 Å². The minimum atomic E-state index is -0.190. The molecule has 1 saturated heterocycles. The molecule has 1 fully saturated rings. The lowest BCUT2D eigenvalue weighted by atomic mass is 10.1.